The minimum atomic E-state index is -0.594. The zero-order chi connectivity index (χ0) is 22.1. The molecule has 2 aromatic carbocycles. The van der Waals surface area contributed by atoms with Crippen molar-refractivity contribution >= 4 is 39.3 Å². The molecule has 0 spiro atoms. The van der Waals surface area contributed by atoms with Gasteiger partial charge in [-0.15, -0.1) is 0 Å². The highest BCUT2D eigenvalue weighted by Crippen LogP contribution is 2.31. The Kier molecular flexibility index (Phi) is 6.07. The molecule has 1 aliphatic rings. The molecule has 0 N–H and O–H groups in total. The number of hydrogen-bond acceptors (Lipinski definition) is 5. The minimum Gasteiger partial charge on any atom is -0.463 e. The lowest BCUT2D eigenvalue weighted by Crippen LogP contribution is -2.39. The van der Waals surface area contributed by atoms with Crippen LogP contribution in [0.15, 0.2) is 74.1 Å². The summed E-state index contributed by atoms with van der Waals surface area (Å²) in [6.45, 7) is 5.82. The highest BCUT2D eigenvalue weighted by Gasteiger charge is 2.33. The smallest absolute Gasteiger partial charge is 0.338 e. The fourth-order valence-electron chi connectivity index (χ4n) is 3.57. The number of allylic oxidation sites excluding steroid dienone is 1. The second-order valence-electron chi connectivity index (χ2n) is 7.26. The van der Waals surface area contributed by atoms with Crippen molar-refractivity contribution in [3.63, 3.8) is 0 Å². The van der Waals surface area contributed by atoms with E-state index < -0.39 is 12.0 Å². The lowest BCUT2D eigenvalue weighted by Gasteiger charge is -2.24. The summed E-state index contributed by atoms with van der Waals surface area (Å²) in [6.07, 6.45) is 1.87. The molecule has 7 heteroatoms. The lowest BCUT2D eigenvalue weighted by molar-refractivity contribution is -0.139. The molecule has 0 bridgehead atoms. The van der Waals surface area contributed by atoms with E-state index in [2.05, 4.69) is 20.9 Å². The van der Waals surface area contributed by atoms with Gasteiger partial charge in [-0.2, -0.15) is 0 Å². The summed E-state index contributed by atoms with van der Waals surface area (Å²) in [5.74, 6) is -0.454. The van der Waals surface area contributed by atoms with Crippen LogP contribution in [0.2, 0.25) is 0 Å². The van der Waals surface area contributed by atoms with Crippen LogP contribution in [0, 0.1) is 6.92 Å². The third-order valence-electron chi connectivity index (χ3n) is 5.08. The molecule has 3 aromatic rings. The van der Waals surface area contributed by atoms with Gasteiger partial charge in [0.15, 0.2) is 4.80 Å². The van der Waals surface area contributed by atoms with Crippen LogP contribution in [0.25, 0.3) is 6.08 Å². The maximum Gasteiger partial charge on any atom is 0.338 e. The first kappa shape index (κ1) is 21.5. The summed E-state index contributed by atoms with van der Waals surface area (Å²) in [7, 11) is 0. The Bertz CT molecular complexity index is 1350. The highest BCUT2D eigenvalue weighted by molar-refractivity contribution is 9.10. The number of nitrogens with zero attached hydrogens (tertiary/aromatic N) is 2. The summed E-state index contributed by atoms with van der Waals surface area (Å²) < 4.78 is 8.40. The van der Waals surface area contributed by atoms with E-state index in [4.69, 9.17) is 4.74 Å². The predicted molar refractivity (Wildman–Crippen MR) is 126 cm³/mol. The van der Waals surface area contributed by atoms with Crippen LogP contribution in [-0.2, 0) is 9.53 Å². The van der Waals surface area contributed by atoms with Crippen molar-refractivity contribution in [3.8, 4) is 0 Å². The second kappa shape index (κ2) is 8.77. The maximum atomic E-state index is 13.5. The van der Waals surface area contributed by atoms with Crippen molar-refractivity contribution in [1.29, 1.82) is 0 Å². The zero-order valence-electron chi connectivity index (χ0n) is 17.4. The number of hydrogen-bond donors (Lipinski definition) is 0. The van der Waals surface area contributed by atoms with Crippen LogP contribution >= 0.6 is 27.3 Å². The van der Waals surface area contributed by atoms with E-state index in [0.29, 0.717) is 20.6 Å². The number of ether oxygens (including phenoxy) is 1. The molecule has 0 saturated carbocycles. The van der Waals surface area contributed by atoms with Gasteiger partial charge in [0, 0.05) is 4.47 Å². The number of carbonyl (C=O) groups excluding carboxylic acids is 1. The molecular formula is C24H21BrN2O3S. The Morgan fingerprint density at radius 3 is 2.48 bits per heavy atom. The van der Waals surface area contributed by atoms with Gasteiger partial charge in [0.25, 0.3) is 5.56 Å². The molecule has 2 heterocycles. The molecule has 1 atom stereocenters. The van der Waals surface area contributed by atoms with E-state index in [0.717, 1.165) is 21.2 Å². The van der Waals surface area contributed by atoms with Gasteiger partial charge < -0.3 is 4.74 Å². The van der Waals surface area contributed by atoms with Crippen LogP contribution in [0.3, 0.4) is 0 Å². The van der Waals surface area contributed by atoms with Gasteiger partial charge in [-0.3, -0.25) is 9.36 Å². The molecule has 1 aliphatic heterocycles. The highest BCUT2D eigenvalue weighted by atomic mass is 79.9. The Hall–Kier alpha value is -2.77. The number of carbonyl (C=O) groups is 1. The standard InChI is InChI=1S/C24H21BrN2O3S/c1-4-30-23(29)20-15(3)26-24-27(21(20)17-9-11-18(25)12-10-17)22(28)19(31-24)13-16-7-5-14(2)6-8-16/h5-13,21H,4H2,1-3H3/b19-13-. The lowest BCUT2D eigenvalue weighted by atomic mass is 9.96. The summed E-state index contributed by atoms with van der Waals surface area (Å²) in [5.41, 5.74) is 3.70. The monoisotopic (exact) mass is 496 g/mol. The molecule has 4 rings (SSSR count). The summed E-state index contributed by atoms with van der Waals surface area (Å²) in [6, 6.07) is 15.0. The molecule has 0 fully saturated rings. The quantitative estimate of drug-likeness (QED) is 0.515. The van der Waals surface area contributed by atoms with Gasteiger partial charge in [0.05, 0.1) is 28.5 Å². The third-order valence-corrected chi connectivity index (χ3v) is 6.59. The fraction of sp³-hybridized carbons (Fsp3) is 0.208. The average molecular weight is 497 g/mol. The molecule has 31 heavy (non-hydrogen) atoms. The molecule has 0 saturated heterocycles. The van der Waals surface area contributed by atoms with Crippen LogP contribution in [0.1, 0.15) is 36.6 Å². The molecule has 1 aromatic heterocycles. The first-order valence-corrected chi connectivity index (χ1v) is 11.5. The minimum absolute atomic E-state index is 0.174. The Morgan fingerprint density at radius 1 is 1.16 bits per heavy atom. The van der Waals surface area contributed by atoms with E-state index in [1.165, 1.54) is 11.3 Å². The van der Waals surface area contributed by atoms with E-state index in [1.807, 2.05) is 61.5 Å². The van der Waals surface area contributed by atoms with Gasteiger partial charge in [-0.25, -0.2) is 9.79 Å². The number of halogens is 1. The Morgan fingerprint density at radius 2 is 1.84 bits per heavy atom. The van der Waals surface area contributed by atoms with Gasteiger partial charge in [-0.1, -0.05) is 69.2 Å². The van der Waals surface area contributed by atoms with Crippen molar-refractivity contribution < 1.29 is 9.53 Å². The largest absolute Gasteiger partial charge is 0.463 e. The Balaban J connectivity index is 1.94. The number of rotatable bonds is 4. The summed E-state index contributed by atoms with van der Waals surface area (Å²) in [4.78, 5) is 31.5. The number of aryl methyl sites for hydroxylation is 1. The summed E-state index contributed by atoms with van der Waals surface area (Å²) >= 11 is 4.78. The number of esters is 1. The van der Waals surface area contributed by atoms with Crippen LogP contribution in [-0.4, -0.2) is 17.1 Å². The number of thiazole rings is 1. The molecule has 1 unspecified atom stereocenters. The van der Waals surface area contributed by atoms with E-state index in [9.17, 15) is 9.59 Å². The topological polar surface area (TPSA) is 60.7 Å². The molecule has 0 radical (unpaired) electrons. The first-order valence-electron chi connectivity index (χ1n) is 9.91. The number of aromatic nitrogens is 1. The molecule has 158 valence electrons. The van der Waals surface area contributed by atoms with Gasteiger partial charge >= 0.3 is 5.97 Å². The van der Waals surface area contributed by atoms with Crippen LogP contribution < -0.4 is 14.9 Å². The van der Waals surface area contributed by atoms with Crippen molar-refractivity contribution in [2.45, 2.75) is 26.8 Å². The van der Waals surface area contributed by atoms with Crippen molar-refractivity contribution in [3.05, 3.63) is 101 Å². The SMILES string of the molecule is CCOC(=O)C1=C(C)N=c2s/c(=C\c3ccc(C)cc3)c(=O)n2C1c1ccc(Br)cc1. The predicted octanol–water partition coefficient (Wildman–Crippen LogP) is 3.87. The average Bonchev–Trinajstić information content (AvgIpc) is 3.04. The van der Waals surface area contributed by atoms with E-state index >= 15 is 0 Å². The molecule has 0 aliphatic carbocycles. The van der Waals surface area contributed by atoms with Crippen molar-refractivity contribution in [1.82, 2.24) is 4.57 Å². The molecule has 5 nitrogen and oxygen atoms in total. The molecular weight excluding hydrogens is 476 g/mol. The van der Waals surface area contributed by atoms with Crippen LogP contribution in [0.4, 0.5) is 0 Å². The first-order chi connectivity index (χ1) is 14.9. The number of fused-ring (bicyclic) bond motifs is 1. The number of benzene rings is 2. The maximum absolute atomic E-state index is 13.5. The van der Waals surface area contributed by atoms with Crippen LogP contribution in [0.5, 0.6) is 0 Å². The van der Waals surface area contributed by atoms with E-state index in [-0.39, 0.29) is 12.2 Å². The van der Waals surface area contributed by atoms with Crippen molar-refractivity contribution in [2.75, 3.05) is 6.61 Å². The van der Waals surface area contributed by atoms with E-state index in [1.54, 1.807) is 18.4 Å². The zero-order valence-corrected chi connectivity index (χ0v) is 19.8. The molecule has 0 amide bonds. The Labute approximate surface area is 192 Å². The third kappa shape index (κ3) is 4.20. The van der Waals surface area contributed by atoms with Gasteiger partial charge in [0.2, 0.25) is 0 Å². The van der Waals surface area contributed by atoms with Gasteiger partial charge in [-0.05, 0) is 50.1 Å². The van der Waals surface area contributed by atoms with Gasteiger partial charge in [0.1, 0.15) is 0 Å². The summed E-state index contributed by atoms with van der Waals surface area (Å²) in [5, 5.41) is 0. The second-order valence-corrected chi connectivity index (χ2v) is 9.19. The van der Waals surface area contributed by atoms with Crippen molar-refractivity contribution in [2.24, 2.45) is 4.99 Å². The fourth-order valence-corrected chi connectivity index (χ4v) is 4.88. The normalized spacial score (nSPS) is 16.1.